The summed E-state index contributed by atoms with van der Waals surface area (Å²) in [6.45, 7) is 0.393. The van der Waals surface area contributed by atoms with E-state index in [4.69, 9.17) is 11.6 Å². The maximum Gasteiger partial charge on any atom is 0.332 e. The fourth-order valence-corrected chi connectivity index (χ4v) is 2.90. The molecule has 0 spiro atoms. The van der Waals surface area contributed by atoms with Crippen LogP contribution in [0.15, 0.2) is 33.9 Å². The third kappa shape index (κ3) is 2.50. The Morgan fingerprint density at radius 1 is 1.17 bits per heavy atom. The smallest absolute Gasteiger partial charge is 0.332 e. The summed E-state index contributed by atoms with van der Waals surface area (Å²) < 4.78 is 4.02. The minimum atomic E-state index is -0.427. The molecule has 0 amide bonds. The second-order valence-electron chi connectivity index (χ2n) is 5.91. The van der Waals surface area contributed by atoms with Gasteiger partial charge in [-0.3, -0.25) is 13.9 Å². The predicted molar refractivity (Wildman–Crippen MR) is 95.1 cm³/mol. The third-order valence-electron chi connectivity index (χ3n) is 4.07. The van der Waals surface area contributed by atoms with Gasteiger partial charge in [0.2, 0.25) is 5.28 Å². The molecule has 3 aromatic rings. The molecule has 2 aromatic heterocycles. The lowest BCUT2D eigenvalue weighted by Crippen LogP contribution is -2.37. The summed E-state index contributed by atoms with van der Waals surface area (Å²) in [6, 6.07) is 7.93. The average Bonchev–Trinajstić information content (AvgIpc) is 2.88. The second kappa shape index (κ2) is 5.83. The zero-order chi connectivity index (χ0) is 17.6. The van der Waals surface area contributed by atoms with Gasteiger partial charge in [-0.05, 0) is 29.3 Å². The van der Waals surface area contributed by atoms with Gasteiger partial charge in [-0.2, -0.15) is 4.98 Å². The van der Waals surface area contributed by atoms with Crippen LogP contribution in [0.2, 0.25) is 5.28 Å². The van der Waals surface area contributed by atoms with Gasteiger partial charge in [0.05, 0.1) is 6.54 Å². The van der Waals surface area contributed by atoms with Crippen molar-refractivity contribution in [1.82, 2.24) is 18.7 Å². The van der Waals surface area contributed by atoms with Gasteiger partial charge in [-0.1, -0.05) is 12.1 Å². The number of aryl methyl sites for hydroxylation is 1. The Hall–Kier alpha value is -2.54. The fraction of sp³-hybridized carbons (Fsp3) is 0.312. The Kier molecular flexibility index (Phi) is 3.96. The normalized spacial score (nSPS) is 11.2. The van der Waals surface area contributed by atoms with Gasteiger partial charge in [0, 0.05) is 33.9 Å². The number of fused-ring (bicyclic) bond motifs is 1. The van der Waals surface area contributed by atoms with Crippen LogP contribution in [0.1, 0.15) is 5.56 Å². The Labute approximate surface area is 143 Å². The van der Waals surface area contributed by atoms with Crippen LogP contribution in [0.25, 0.3) is 11.2 Å². The number of nitrogens with zero attached hydrogens (tertiary/aromatic N) is 5. The second-order valence-corrected chi connectivity index (χ2v) is 6.25. The van der Waals surface area contributed by atoms with Gasteiger partial charge in [0.1, 0.15) is 0 Å². The van der Waals surface area contributed by atoms with Crippen molar-refractivity contribution in [2.75, 3.05) is 19.0 Å². The molecule has 0 unspecified atom stereocenters. The Bertz CT molecular complexity index is 1050. The van der Waals surface area contributed by atoms with Crippen LogP contribution < -0.4 is 16.1 Å². The van der Waals surface area contributed by atoms with Crippen molar-refractivity contribution in [2.45, 2.75) is 6.54 Å². The molecule has 0 aliphatic heterocycles. The predicted octanol–water partition coefficient (Wildman–Crippen LogP) is 1.20. The Morgan fingerprint density at radius 3 is 2.54 bits per heavy atom. The monoisotopic (exact) mass is 347 g/mol. The van der Waals surface area contributed by atoms with E-state index in [9.17, 15) is 9.59 Å². The minimum absolute atomic E-state index is 0.179. The van der Waals surface area contributed by atoms with Crippen LogP contribution in [0, 0.1) is 0 Å². The number of benzene rings is 1. The summed E-state index contributed by atoms with van der Waals surface area (Å²) in [4.78, 5) is 30.7. The average molecular weight is 348 g/mol. The molecule has 24 heavy (non-hydrogen) atoms. The first-order chi connectivity index (χ1) is 11.3. The highest BCUT2D eigenvalue weighted by Crippen LogP contribution is 2.20. The Balaban J connectivity index is 2.21. The molecule has 2 heterocycles. The lowest BCUT2D eigenvalue weighted by atomic mass is 10.2. The maximum atomic E-state index is 12.5. The van der Waals surface area contributed by atoms with Crippen LogP contribution in [0.4, 0.5) is 5.69 Å². The highest BCUT2D eigenvalue weighted by Gasteiger charge is 2.18. The van der Waals surface area contributed by atoms with Crippen LogP contribution in [0.5, 0.6) is 0 Å². The summed E-state index contributed by atoms with van der Waals surface area (Å²) in [6.07, 6.45) is 0. The maximum absolute atomic E-state index is 12.5. The number of imidazole rings is 1. The molecule has 1 aromatic carbocycles. The number of hydrogen-bond donors (Lipinski definition) is 0. The topological polar surface area (TPSA) is 65.1 Å². The zero-order valence-electron chi connectivity index (χ0n) is 13.9. The molecule has 0 saturated heterocycles. The highest BCUT2D eigenvalue weighted by molar-refractivity contribution is 6.29. The molecule has 0 aliphatic rings. The lowest BCUT2D eigenvalue weighted by molar-refractivity contribution is 0.702. The molecule has 0 atom stereocenters. The van der Waals surface area contributed by atoms with Gasteiger partial charge >= 0.3 is 5.69 Å². The minimum Gasteiger partial charge on any atom is -0.378 e. The first kappa shape index (κ1) is 16.3. The van der Waals surface area contributed by atoms with Gasteiger partial charge in [0.15, 0.2) is 11.2 Å². The van der Waals surface area contributed by atoms with E-state index in [0.29, 0.717) is 12.1 Å². The number of aromatic nitrogens is 4. The van der Waals surface area contributed by atoms with E-state index in [1.807, 2.05) is 43.3 Å². The van der Waals surface area contributed by atoms with Crippen molar-refractivity contribution in [2.24, 2.45) is 14.1 Å². The van der Waals surface area contributed by atoms with E-state index in [-0.39, 0.29) is 10.9 Å². The largest absolute Gasteiger partial charge is 0.378 e. The fourth-order valence-electron chi connectivity index (χ4n) is 2.68. The number of anilines is 1. The van der Waals surface area contributed by atoms with E-state index in [1.165, 1.54) is 11.6 Å². The van der Waals surface area contributed by atoms with Gasteiger partial charge < -0.3 is 9.47 Å². The van der Waals surface area contributed by atoms with Gasteiger partial charge in [-0.15, -0.1) is 0 Å². The van der Waals surface area contributed by atoms with Gasteiger partial charge in [0.25, 0.3) is 5.56 Å². The summed E-state index contributed by atoms with van der Waals surface area (Å²) in [5.41, 5.74) is 1.81. The first-order valence-electron chi connectivity index (χ1n) is 7.39. The summed E-state index contributed by atoms with van der Waals surface area (Å²) in [5, 5.41) is 0.179. The molecule has 0 fully saturated rings. The molecular formula is C16H18ClN5O2. The summed E-state index contributed by atoms with van der Waals surface area (Å²) in [5.74, 6) is 0. The molecule has 3 rings (SSSR count). The molecule has 126 valence electrons. The van der Waals surface area contributed by atoms with E-state index in [2.05, 4.69) is 4.98 Å². The SMILES string of the molecule is CN(C)c1cccc(Cn2c(Cl)nc3c2c(=O)n(C)c(=O)n3C)c1. The summed E-state index contributed by atoms with van der Waals surface area (Å²) in [7, 11) is 6.95. The molecule has 8 heteroatoms. The van der Waals surface area contributed by atoms with Crippen LogP contribution >= 0.6 is 11.6 Å². The third-order valence-corrected chi connectivity index (χ3v) is 4.36. The van der Waals surface area contributed by atoms with E-state index in [0.717, 1.165) is 15.8 Å². The van der Waals surface area contributed by atoms with Crippen molar-refractivity contribution in [3.63, 3.8) is 0 Å². The summed E-state index contributed by atoms with van der Waals surface area (Å²) >= 11 is 6.25. The number of rotatable bonds is 3. The molecule has 0 N–H and O–H groups in total. The van der Waals surface area contributed by atoms with Crippen LogP contribution in [0.3, 0.4) is 0 Å². The Morgan fingerprint density at radius 2 is 1.88 bits per heavy atom. The molecule has 0 aliphatic carbocycles. The van der Waals surface area contributed by atoms with Crippen molar-refractivity contribution in [1.29, 1.82) is 0 Å². The lowest BCUT2D eigenvalue weighted by Gasteiger charge is -2.14. The number of hydrogen-bond acceptors (Lipinski definition) is 4. The van der Waals surface area contributed by atoms with E-state index < -0.39 is 11.2 Å². The van der Waals surface area contributed by atoms with Crippen molar-refractivity contribution in [3.05, 3.63) is 56.0 Å². The standard InChI is InChI=1S/C16H18ClN5O2/c1-19(2)11-7-5-6-10(8-11)9-22-12-13(18-15(22)17)20(3)16(24)21(4)14(12)23/h5-8H,9H2,1-4H3. The van der Waals surface area contributed by atoms with Crippen molar-refractivity contribution < 1.29 is 0 Å². The number of halogens is 1. The molecule has 0 radical (unpaired) electrons. The van der Waals surface area contributed by atoms with Crippen molar-refractivity contribution >= 4 is 28.5 Å². The van der Waals surface area contributed by atoms with Crippen molar-refractivity contribution in [3.8, 4) is 0 Å². The van der Waals surface area contributed by atoms with Gasteiger partial charge in [-0.25, -0.2) is 4.79 Å². The van der Waals surface area contributed by atoms with E-state index >= 15 is 0 Å². The molecule has 7 nitrogen and oxygen atoms in total. The quantitative estimate of drug-likeness (QED) is 0.668. The molecule has 0 bridgehead atoms. The molecule has 0 saturated carbocycles. The highest BCUT2D eigenvalue weighted by atomic mass is 35.5. The first-order valence-corrected chi connectivity index (χ1v) is 7.77. The van der Waals surface area contributed by atoms with Crippen LogP contribution in [-0.4, -0.2) is 32.8 Å². The molecular weight excluding hydrogens is 330 g/mol. The zero-order valence-corrected chi connectivity index (χ0v) is 14.7. The van der Waals surface area contributed by atoms with E-state index in [1.54, 1.807) is 11.6 Å². The van der Waals surface area contributed by atoms with Crippen LogP contribution in [-0.2, 0) is 20.6 Å².